The second-order valence-electron chi connectivity index (χ2n) is 10.1. The number of nitrogens with zero attached hydrogens (tertiary/aromatic N) is 1. The third-order valence-electron chi connectivity index (χ3n) is 8.18. The maximum atomic E-state index is 13.2. The molecule has 176 valence electrons. The summed E-state index contributed by atoms with van der Waals surface area (Å²) in [6, 6.07) is 24.7. The average molecular weight is 499 g/mol. The fraction of sp³-hybridized carbons (Fsp3) is 0.310. The monoisotopic (exact) mass is 498 g/mol. The first-order valence-electron chi connectivity index (χ1n) is 12.4. The lowest BCUT2D eigenvalue weighted by Crippen LogP contribution is -2.34. The standard InChI is InChI=1S/C29H26N2O2S2/c32-23(30-22-13-12-17-6-4-5-9-19(17)15-22)16-31-28-27(35-29(31)33)24(18-7-2-1-3-8-18)25-20-10-11-21(14-20)26(25)34-28/h1-9,12-13,15,20-21,24-26H,10-11,14,16H2,(H,30,32)/t20?,21?,24-,25?,26?/m1/s1. The molecule has 1 aromatic heterocycles. The van der Waals surface area contributed by atoms with E-state index in [9.17, 15) is 9.59 Å². The number of fused-ring (bicyclic) bond motifs is 7. The van der Waals surface area contributed by atoms with Gasteiger partial charge >= 0.3 is 4.87 Å². The van der Waals surface area contributed by atoms with Crippen LogP contribution >= 0.6 is 23.1 Å². The first kappa shape index (κ1) is 21.5. The summed E-state index contributed by atoms with van der Waals surface area (Å²) in [7, 11) is 0. The molecule has 0 radical (unpaired) electrons. The number of benzene rings is 3. The fourth-order valence-corrected chi connectivity index (χ4v) is 9.88. The summed E-state index contributed by atoms with van der Waals surface area (Å²) in [4.78, 5) is 27.5. The van der Waals surface area contributed by atoms with Gasteiger partial charge in [0.2, 0.25) is 5.91 Å². The summed E-state index contributed by atoms with van der Waals surface area (Å²) in [5.41, 5.74) is 2.07. The van der Waals surface area contributed by atoms with Crippen LogP contribution in [0.4, 0.5) is 5.69 Å². The lowest BCUT2D eigenvalue weighted by Gasteiger charge is -2.40. The van der Waals surface area contributed by atoms with Crippen molar-refractivity contribution in [2.45, 2.75) is 42.0 Å². The van der Waals surface area contributed by atoms with Gasteiger partial charge in [-0.05, 0) is 65.5 Å². The number of thiazole rings is 1. The normalized spacial score (nSPS) is 26.5. The van der Waals surface area contributed by atoms with Gasteiger partial charge in [-0.2, -0.15) is 0 Å². The number of hydrogen-bond donors (Lipinski definition) is 1. The van der Waals surface area contributed by atoms with E-state index >= 15 is 0 Å². The number of amides is 1. The molecule has 1 amide bonds. The molecule has 35 heavy (non-hydrogen) atoms. The highest BCUT2D eigenvalue weighted by Crippen LogP contribution is 2.63. The Morgan fingerprint density at radius 3 is 2.57 bits per heavy atom. The first-order chi connectivity index (χ1) is 17.2. The van der Waals surface area contributed by atoms with Crippen LogP contribution in [0.1, 0.15) is 35.6 Å². The predicted octanol–water partition coefficient (Wildman–Crippen LogP) is 6.35. The van der Waals surface area contributed by atoms with Gasteiger partial charge in [0.25, 0.3) is 0 Å². The first-order valence-corrected chi connectivity index (χ1v) is 14.1. The highest BCUT2D eigenvalue weighted by Gasteiger charge is 2.55. The van der Waals surface area contributed by atoms with E-state index in [1.807, 2.05) is 48.2 Å². The third-order valence-corrected chi connectivity index (χ3v) is 11.0. The zero-order chi connectivity index (χ0) is 23.5. The maximum Gasteiger partial charge on any atom is 0.308 e. The van der Waals surface area contributed by atoms with Crippen LogP contribution in [0.15, 0.2) is 82.6 Å². The van der Waals surface area contributed by atoms with Crippen LogP contribution in [-0.4, -0.2) is 15.7 Å². The van der Waals surface area contributed by atoms with Crippen molar-refractivity contribution >= 4 is 45.5 Å². The molecule has 4 unspecified atom stereocenters. The van der Waals surface area contributed by atoms with Crippen molar-refractivity contribution in [1.29, 1.82) is 0 Å². The zero-order valence-corrected chi connectivity index (χ0v) is 20.9. The third kappa shape index (κ3) is 3.57. The second-order valence-corrected chi connectivity index (χ2v) is 12.3. The molecule has 4 nitrogen and oxygen atoms in total. The molecule has 6 heteroatoms. The Morgan fingerprint density at radius 1 is 0.943 bits per heavy atom. The van der Waals surface area contributed by atoms with E-state index in [4.69, 9.17) is 0 Å². The average Bonchev–Trinajstić information content (AvgIpc) is 3.57. The van der Waals surface area contributed by atoms with Crippen molar-refractivity contribution in [2.24, 2.45) is 17.8 Å². The zero-order valence-electron chi connectivity index (χ0n) is 19.2. The molecule has 7 rings (SSSR count). The number of anilines is 1. The largest absolute Gasteiger partial charge is 0.325 e. The molecule has 2 saturated carbocycles. The molecule has 3 aromatic carbocycles. The molecule has 5 atom stereocenters. The molecular weight excluding hydrogens is 472 g/mol. The Morgan fingerprint density at radius 2 is 1.71 bits per heavy atom. The fourth-order valence-electron chi connectivity index (χ4n) is 6.73. The molecule has 2 bridgehead atoms. The smallest absolute Gasteiger partial charge is 0.308 e. The number of hydrogen-bond acceptors (Lipinski definition) is 4. The van der Waals surface area contributed by atoms with Gasteiger partial charge in [0.05, 0.1) is 5.03 Å². The van der Waals surface area contributed by atoms with E-state index in [-0.39, 0.29) is 23.2 Å². The van der Waals surface area contributed by atoms with E-state index in [0.717, 1.165) is 33.3 Å². The quantitative estimate of drug-likeness (QED) is 0.356. The van der Waals surface area contributed by atoms with Gasteiger partial charge < -0.3 is 5.32 Å². The van der Waals surface area contributed by atoms with Crippen LogP contribution in [0.2, 0.25) is 0 Å². The topological polar surface area (TPSA) is 51.1 Å². The minimum Gasteiger partial charge on any atom is -0.325 e. The molecule has 1 aliphatic heterocycles. The number of rotatable bonds is 4. The van der Waals surface area contributed by atoms with Crippen LogP contribution in [0.5, 0.6) is 0 Å². The van der Waals surface area contributed by atoms with Crippen molar-refractivity contribution in [3.8, 4) is 0 Å². The van der Waals surface area contributed by atoms with Crippen molar-refractivity contribution in [3.63, 3.8) is 0 Å². The lowest BCUT2D eigenvalue weighted by molar-refractivity contribution is -0.116. The van der Waals surface area contributed by atoms with Crippen LogP contribution in [-0.2, 0) is 11.3 Å². The van der Waals surface area contributed by atoms with Gasteiger partial charge in [-0.15, -0.1) is 11.8 Å². The SMILES string of the molecule is O=C(Cn1c2c(sc1=O)[C@H](c1ccccc1)C1C3CCC(C3)C1S2)Nc1ccc2ccccc2c1. The number of carbonyl (C=O) groups is 1. The Balaban J connectivity index is 1.22. The van der Waals surface area contributed by atoms with Crippen molar-refractivity contribution in [2.75, 3.05) is 5.32 Å². The summed E-state index contributed by atoms with van der Waals surface area (Å²) in [6.45, 7) is 0.0531. The van der Waals surface area contributed by atoms with Gasteiger partial charge in [-0.25, -0.2) is 0 Å². The van der Waals surface area contributed by atoms with E-state index in [1.54, 1.807) is 4.57 Å². The Kier molecular flexibility index (Phi) is 5.14. The molecule has 4 aromatic rings. The van der Waals surface area contributed by atoms with E-state index in [1.165, 1.54) is 41.0 Å². The molecule has 2 fully saturated rings. The van der Waals surface area contributed by atoms with Crippen LogP contribution < -0.4 is 10.2 Å². The van der Waals surface area contributed by atoms with E-state index in [0.29, 0.717) is 11.2 Å². The van der Waals surface area contributed by atoms with Crippen LogP contribution in [0, 0.1) is 17.8 Å². The van der Waals surface area contributed by atoms with E-state index in [2.05, 4.69) is 41.7 Å². The number of nitrogens with one attached hydrogen (secondary N) is 1. The summed E-state index contributed by atoms with van der Waals surface area (Å²) in [5.74, 6) is 2.17. The number of carbonyl (C=O) groups excluding carboxylic acids is 1. The highest BCUT2D eigenvalue weighted by molar-refractivity contribution is 8.00. The van der Waals surface area contributed by atoms with Gasteiger partial charge in [0, 0.05) is 21.7 Å². The molecule has 0 spiro atoms. The molecule has 2 heterocycles. The lowest BCUT2D eigenvalue weighted by atomic mass is 9.75. The molecule has 0 saturated heterocycles. The van der Waals surface area contributed by atoms with E-state index < -0.39 is 0 Å². The summed E-state index contributed by atoms with van der Waals surface area (Å²) >= 11 is 3.23. The maximum absolute atomic E-state index is 13.2. The number of thioether (sulfide) groups is 1. The minimum atomic E-state index is -0.157. The van der Waals surface area contributed by atoms with Gasteiger partial charge in [-0.3, -0.25) is 14.2 Å². The Hall–Kier alpha value is -2.83. The number of aromatic nitrogens is 1. The predicted molar refractivity (Wildman–Crippen MR) is 143 cm³/mol. The molecule has 3 aliphatic rings. The molecule has 1 N–H and O–H groups in total. The highest BCUT2D eigenvalue weighted by atomic mass is 32.2. The van der Waals surface area contributed by atoms with Crippen LogP contribution in [0.3, 0.4) is 0 Å². The van der Waals surface area contributed by atoms with Gasteiger partial charge in [0.1, 0.15) is 6.54 Å². The second kappa shape index (κ2) is 8.38. The van der Waals surface area contributed by atoms with Gasteiger partial charge in [0.15, 0.2) is 0 Å². The molecule has 2 aliphatic carbocycles. The van der Waals surface area contributed by atoms with Crippen molar-refractivity contribution < 1.29 is 4.79 Å². The minimum absolute atomic E-state index is 0.0237. The molecular formula is C29H26N2O2S2. The summed E-state index contributed by atoms with van der Waals surface area (Å²) < 4.78 is 1.74. The summed E-state index contributed by atoms with van der Waals surface area (Å²) in [5, 5.41) is 6.80. The Bertz CT molecular complexity index is 1490. The van der Waals surface area contributed by atoms with Crippen molar-refractivity contribution in [3.05, 3.63) is 92.9 Å². The Labute approximate surface area is 212 Å². The van der Waals surface area contributed by atoms with Crippen LogP contribution in [0.25, 0.3) is 10.8 Å². The summed E-state index contributed by atoms with van der Waals surface area (Å²) in [6.07, 6.45) is 3.93. The van der Waals surface area contributed by atoms with Gasteiger partial charge in [-0.1, -0.05) is 72.0 Å². The van der Waals surface area contributed by atoms with Crippen molar-refractivity contribution in [1.82, 2.24) is 4.57 Å².